The van der Waals surface area contributed by atoms with Crippen molar-refractivity contribution >= 4 is 17.1 Å². The van der Waals surface area contributed by atoms with Crippen molar-refractivity contribution in [3.8, 4) is 0 Å². The Morgan fingerprint density at radius 3 is 2.50 bits per heavy atom. The molecule has 0 fully saturated rings. The topological polar surface area (TPSA) is 15.6 Å². The van der Waals surface area contributed by atoms with E-state index in [2.05, 4.69) is 87.0 Å². The van der Waals surface area contributed by atoms with Crippen molar-refractivity contribution in [3.63, 3.8) is 0 Å². The molecule has 146 valence electrons. The normalized spacial score (nSPS) is 16.2. The molecule has 2 aromatic rings. The summed E-state index contributed by atoms with van der Waals surface area (Å²) in [5, 5.41) is 0. The molecule has 0 aromatic heterocycles. The van der Waals surface area contributed by atoms with Crippen LogP contribution in [0.15, 0.2) is 90.0 Å². The Hall–Kier alpha value is -2.87. The quantitative estimate of drug-likeness (QED) is 0.500. The van der Waals surface area contributed by atoms with Crippen LogP contribution in [-0.2, 0) is 0 Å². The molecule has 1 atom stereocenters. The number of hydrogen-bond donors (Lipinski definition) is 0. The van der Waals surface area contributed by atoms with Crippen molar-refractivity contribution in [3.05, 3.63) is 96.1 Å². The van der Waals surface area contributed by atoms with E-state index in [4.69, 9.17) is 4.99 Å². The predicted molar refractivity (Wildman–Crippen MR) is 125 cm³/mol. The van der Waals surface area contributed by atoms with Gasteiger partial charge in [-0.15, -0.1) is 0 Å². The van der Waals surface area contributed by atoms with Gasteiger partial charge in [0.25, 0.3) is 0 Å². The molecular formula is C26H32N2. The van der Waals surface area contributed by atoms with Crippen LogP contribution in [-0.4, -0.2) is 12.8 Å². The number of hydrogen-bond acceptors (Lipinski definition) is 2. The van der Waals surface area contributed by atoms with Gasteiger partial charge in [-0.1, -0.05) is 86.7 Å². The van der Waals surface area contributed by atoms with Crippen LogP contribution in [0.1, 0.15) is 44.4 Å². The lowest BCUT2D eigenvalue weighted by Gasteiger charge is -2.36. The average Bonchev–Trinajstić information content (AvgIpc) is 2.70. The lowest BCUT2D eigenvalue weighted by Crippen LogP contribution is -2.33. The molecule has 0 spiro atoms. The third-order valence-electron chi connectivity index (χ3n) is 4.68. The van der Waals surface area contributed by atoms with Gasteiger partial charge in [-0.25, -0.2) is 0 Å². The molecule has 1 unspecified atom stereocenters. The zero-order valence-corrected chi connectivity index (χ0v) is 17.8. The van der Waals surface area contributed by atoms with Crippen LogP contribution in [0, 0.1) is 6.92 Å². The minimum absolute atomic E-state index is 0.151. The monoisotopic (exact) mass is 372 g/mol. The zero-order chi connectivity index (χ0) is 20.5. The van der Waals surface area contributed by atoms with E-state index in [1.165, 1.54) is 28.1 Å². The Bertz CT molecular complexity index is 873. The molecule has 0 radical (unpaired) electrons. The SMILES string of the molecule is C=C/C=C\C=C(/C)CC1=Nc2cc(C)ccc2N(C)C1c1ccccc1.CC. The first-order valence-corrected chi connectivity index (χ1v) is 10.0. The van der Waals surface area contributed by atoms with E-state index in [1.54, 1.807) is 6.08 Å². The molecule has 0 amide bonds. The third-order valence-corrected chi connectivity index (χ3v) is 4.68. The molecule has 0 saturated carbocycles. The van der Waals surface area contributed by atoms with Gasteiger partial charge in [0.15, 0.2) is 0 Å². The highest BCUT2D eigenvalue weighted by Gasteiger charge is 2.28. The summed E-state index contributed by atoms with van der Waals surface area (Å²) >= 11 is 0. The molecular weight excluding hydrogens is 340 g/mol. The molecule has 1 heterocycles. The molecule has 2 heteroatoms. The molecule has 28 heavy (non-hydrogen) atoms. The van der Waals surface area contributed by atoms with Crippen molar-refractivity contribution in [1.82, 2.24) is 0 Å². The number of rotatable bonds is 5. The van der Waals surface area contributed by atoms with Crippen LogP contribution in [0.4, 0.5) is 11.4 Å². The Labute approximate surface area is 170 Å². The first-order chi connectivity index (χ1) is 13.6. The second-order valence-corrected chi connectivity index (χ2v) is 6.83. The number of anilines is 1. The van der Waals surface area contributed by atoms with E-state index in [-0.39, 0.29) is 6.04 Å². The lowest BCUT2D eigenvalue weighted by molar-refractivity contribution is 0.819. The van der Waals surface area contributed by atoms with Crippen molar-refractivity contribution in [2.24, 2.45) is 4.99 Å². The molecule has 0 N–H and O–H groups in total. The summed E-state index contributed by atoms with van der Waals surface area (Å²) in [6, 6.07) is 17.3. The molecule has 2 aromatic carbocycles. The minimum atomic E-state index is 0.151. The maximum absolute atomic E-state index is 5.07. The Kier molecular flexibility index (Phi) is 8.01. The summed E-state index contributed by atoms with van der Waals surface area (Å²) in [6.45, 7) is 12.0. The predicted octanol–water partition coefficient (Wildman–Crippen LogP) is 7.36. The van der Waals surface area contributed by atoms with E-state index >= 15 is 0 Å². The fourth-order valence-corrected chi connectivity index (χ4v) is 3.43. The van der Waals surface area contributed by atoms with Gasteiger partial charge in [-0.05, 0) is 37.1 Å². The third kappa shape index (κ3) is 5.10. The number of nitrogens with zero attached hydrogens (tertiary/aromatic N) is 2. The van der Waals surface area contributed by atoms with E-state index < -0.39 is 0 Å². The smallest absolute Gasteiger partial charge is 0.0928 e. The lowest BCUT2D eigenvalue weighted by atomic mass is 9.93. The van der Waals surface area contributed by atoms with Gasteiger partial charge < -0.3 is 4.90 Å². The molecule has 1 aliphatic rings. The van der Waals surface area contributed by atoms with Gasteiger partial charge in [0.2, 0.25) is 0 Å². The van der Waals surface area contributed by atoms with Gasteiger partial charge in [-0.3, -0.25) is 4.99 Å². The summed E-state index contributed by atoms with van der Waals surface area (Å²) in [6.07, 6.45) is 8.76. The maximum Gasteiger partial charge on any atom is 0.0928 e. The summed E-state index contributed by atoms with van der Waals surface area (Å²) in [4.78, 5) is 7.42. The summed E-state index contributed by atoms with van der Waals surface area (Å²) in [5.41, 5.74) is 7.21. The van der Waals surface area contributed by atoms with Crippen LogP contribution in [0.25, 0.3) is 0 Å². The highest BCUT2D eigenvalue weighted by atomic mass is 15.2. The molecule has 3 rings (SSSR count). The Morgan fingerprint density at radius 1 is 1.11 bits per heavy atom. The Morgan fingerprint density at radius 2 is 1.82 bits per heavy atom. The summed E-state index contributed by atoms with van der Waals surface area (Å²) in [7, 11) is 2.16. The number of fused-ring (bicyclic) bond motifs is 1. The van der Waals surface area contributed by atoms with Gasteiger partial charge in [0, 0.05) is 19.2 Å². The highest BCUT2D eigenvalue weighted by Crippen LogP contribution is 2.41. The Balaban J connectivity index is 0.00000136. The van der Waals surface area contributed by atoms with Crippen molar-refractivity contribution in [2.75, 3.05) is 11.9 Å². The number of allylic oxidation sites excluding steroid dienone is 5. The number of benzene rings is 2. The van der Waals surface area contributed by atoms with E-state index in [0.29, 0.717) is 0 Å². The fraction of sp³-hybridized carbons (Fsp3) is 0.269. The van der Waals surface area contributed by atoms with Gasteiger partial charge in [0.05, 0.1) is 17.4 Å². The van der Waals surface area contributed by atoms with E-state index in [9.17, 15) is 0 Å². The van der Waals surface area contributed by atoms with Crippen LogP contribution < -0.4 is 4.90 Å². The number of aryl methyl sites for hydroxylation is 1. The average molecular weight is 373 g/mol. The molecule has 0 aliphatic carbocycles. The minimum Gasteiger partial charge on any atom is -0.360 e. The summed E-state index contributed by atoms with van der Waals surface area (Å²) in [5.74, 6) is 0. The van der Waals surface area contributed by atoms with Gasteiger partial charge >= 0.3 is 0 Å². The second-order valence-electron chi connectivity index (χ2n) is 6.83. The molecule has 0 saturated heterocycles. The van der Waals surface area contributed by atoms with Gasteiger partial charge in [-0.2, -0.15) is 0 Å². The van der Waals surface area contributed by atoms with Crippen molar-refractivity contribution in [1.29, 1.82) is 0 Å². The van der Waals surface area contributed by atoms with Gasteiger partial charge in [0.1, 0.15) is 0 Å². The first-order valence-electron chi connectivity index (χ1n) is 10.0. The summed E-state index contributed by atoms with van der Waals surface area (Å²) < 4.78 is 0. The van der Waals surface area contributed by atoms with Crippen LogP contribution >= 0.6 is 0 Å². The maximum atomic E-state index is 5.07. The highest BCUT2D eigenvalue weighted by molar-refractivity contribution is 6.00. The largest absolute Gasteiger partial charge is 0.360 e. The molecule has 2 nitrogen and oxygen atoms in total. The van der Waals surface area contributed by atoms with Crippen molar-refractivity contribution < 1.29 is 0 Å². The fourth-order valence-electron chi connectivity index (χ4n) is 3.43. The molecule has 1 aliphatic heterocycles. The standard InChI is InChI=1S/C24H26N2.C2H6/c1-5-6-8-11-18(2)17-22-24(20-12-9-7-10-13-20)26(4)23-15-14-19(3)16-21(23)25-22;1-2/h5-16,24H,1,17H2,2-4H3;1-2H3/b8-6-,18-11+;. The van der Waals surface area contributed by atoms with Crippen LogP contribution in [0.2, 0.25) is 0 Å². The number of aliphatic imine (C=N–C) groups is 1. The molecule has 0 bridgehead atoms. The van der Waals surface area contributed by atoms with Crippen LogP contribution in [0.3, 0.4) is 0 Å². The van der Waals surface area contributed by atoms with Crippen molar-refractivity contribution in [2.45, 2.75) is 40.2 Å². The second kappa shape index (κ2) is 10.5. The van der Waals surface area contributed by atoms with E-state index in [0.717, 1.165) is 12.1 Å². The first kappa shape index (κ1) is 21.4. The van der Waals surface area contributed by atoms with Crippen LogP contribution in [0.5, 0.6) is 0 Å². The zero-order valence-electron chi connectivity index (χ0n) is 17.8. The van der Waals surface area contributed by atoms with E-state index in [1.807, 2.05) is 26.0 Å².